The van der Waals surface area contributed by atoms with Crippen LogP contribution in [0.25, 0.3) is 0 Å². The molecule has 1 saturated heterocycles. The summed E-state index contributed by atoms with van der Waals surface area (Å²) in [5, 5.41) is 9.17. The predicted molar refractivity (Wildman–Crippen MR) is 71.9 cm³/mol. The Morgan fingerprint density at radius 1 is 1.45 bits per heavy atom. The number of carbonyl (C=O) groups excluding carboxylic acids is 1. The van der Waals surface area contributed by atoms with Crippen LogP contribution in [0.4, 0.5) is 4.39 Å². The number of nitriles is 1. The highest BCUT2D eigenvalue weighted by atomic mass is 19.1. The van der Waals surface area contributed by atoms with Crippen LogP contribution in [-0.2, 0) is 4.79 Å². The highest BCUT2D eigenvalue weighted by molar-refractivity contribution is 5.85. The molecule has 0 aromatic rings. The van der Waals surface area contributed by atoms with Crippen molar-refractivity contribution in [2.75, 3.05) is 0 Å². The first kappa shape index (κ1) is 13.6. The van der Waals surface area contributed by atoms with Crippen LogP contribution in [-0.4, -0.2) is 28.9 Å². The van der Waals surface area contributed by atoms with Gasteiger partial charge in [0.15, 0.2) is 0 Å². The number of halogens is 1. The van der Waals surface area contributed by atoms with Crippen molar-refractivity contribution in [3.8, 4) is 6.07 Å². The van der Waals surface area contributed by atoms with E-state index in [0.717, 1.165) is 25.7 Å². The van der Waals surface area contributed by atoms with Gasteiger partial charge in [0.25, 0.3) is 0 Å². The molecule has 0 aromatic carbocycles. The maximum Gasteiger partial charge on any atom is 0.241 e. The molecule has 0 aromatic heterocycles. The quantitative estimate of drug-likeness (QED) is 0.856. The van der Waals surface area contributed by atoms with E-state index in [0.29, 0.717) is 18.8 Å². The number of piperidine rings is 1. The van der Waals surface area contributed by atoms with Crippen LogP contribution < -0.4 is 5.73 Å². The molecule has 4 nitrogen and oxygen atoms in total. The number of carbonyl (C=O) groups is 1. The van der Waals surface area contributed by atoms with Gasteiger partial charge in [0.05, 0.1) is 12.1 Å². The third-order valence-electron chi connectivity index (χ3n) is 5.41. The topological polar surface area (TPSA) is 70.1 Å². The molecular formula is C15H20FN3O. The second-order valence-electron chi connectivity index (χ2n) is 6.44. The average Bonchev–Trinajstić information content (AvgIpc) is 2.91. The summed E-state index contributed by atoms with van der Waals surface area (Å²) in [4.78, 5) is 14.3. The summed E-state index contributed by atoms with van der Waals surface area (Å²) in [5.41, 5.74) is 5.22. The molecule has 108 valence electrons. The van der Waals surface area contributed by atoms with Crippen molar-refractivity contribution in [2.24, 2.45) is 17.1 Å². The lowest BCUT2D eigenvalue weighted by Gasteiger charge is -2.36. The van der Waals surface area contributed by atoms with Gasteiger partial charge in [-0.15, -0.1) is 0 Å². The van der Waals surface area contributed by atoms with Crippen molar-refractivity contribution in [3.63, 3.8) is 0 Å². The Kier molecular flexibility index (Phi) is 3.09. The number of hydrogen-bond donors (Lipinski definition) is 1. The fourth-order valence-electron chi connectivity index (χ4n) is 4.04. The van der Waals surface area contributed by atoms with E-state index in [2.05, 4.69) is 12.6 Å². The maximum atomic E-state index is 13.9. The first-order valence-electron chi connectivity index (χ1n) is 7.33. The van der Waals surface area contributed by atoms with Crippen molar-refractivity contribution in [3.05, 3.63) is 12.4 Å². The highest BCUT2D eigenvalue weighted by Gasteiger charge is 2.57. The maximum absolute atomic E-state index is 13.9. The Balaban J connectivity index is 1.83. The lowest BCUT2D eigenvalue weighted by Crippen LogP contribution is -2.54. The Morgan fingerprint density at radius 3 is 2.65 bits per heavy atom. The van der Waals surface area contributed by atoms with Crippen LogP contribution in [0.3, 0.4) is 0 Å². The van der Waals surface area contributed by atoms with Gasteiger partial charge in [0.2, 0.25) is 5.91 Å². The summed E-state index contributed by atoms with van der Waals surface area (Å²) in [6, 6.07) is 1.04. The van der Waals surface area contributed by atoms with Gasteiger partial charge in [-0.3, -0.25) is 4.79 Å². The third kappa shape index (κ3) is 1.78. The van der Waals surface area contributed by atoms with E-state index in [1.807, 2.05) is 0 Å². The Hall–Kier alpha value is -1.41. The van der Waals surface area contributed by atoms with Crippen molar-refractivity contribution in [1.29, 1.82) is 5.26 Å². The summed E-state index contributed by atoms with van der Waals surface area (Å²) in [6.45, 7) is 3.43. The van der Waals surface area contributed by atoms with Gasteiger partial charge in [0.1, 0.15) is 11.9 Å². The van der Waals surface area contributed by atoms with Crippen molar-refractivity contribution >= 4 is 5.91 Å². The molecule has 0 radical (unpaired) electrons. The number of nitrogens with zero attached hydrogens (tertiary/aromatic N) is 2. The summed E-state index contributed by atoms with van der Waals surface area (Å²) < 4.78 is 13.9. The van der Waals surface area contributed by atoms with Crippen LogP contribution in [0, 0.1) is 22.7 Å². The van der Waals surface area contributed by atoms with Crippen molar-refractivity contribution < 1.29 is 9.18 Å². The highest BCUT2D eigenvalue weighted by Crippen LogP contribution is 2.51. The van der Waals surface area contributed by atoms with Gasteiger partial charge >= 0.3 is 0 Å². The molecular weight excluding hydrogens is 257 g/mol. The van der Waals surface area contributed by atoms with Gasteiger partial charge in [-0.1, -0.05) is 19.4 Å². The summed E-state index contributed by atoms with van der Waals surface area (Å²) in [7, 11) is 0. The van der Waals surface area contributed by atoms with Gasteiger partial charge in [-0.2, -0.15) is 5.26 Å². The minimum atomic E-state index is -0.913. The molecule has 3 fully saturated rings. The molecule has 1 amide bonds. The van der Waals surface area contributed by atoms with Crippen molar-refractivity contribution in [1.82, 2.24) is 4.90 Å². The number of likely N-dealkylation sites (tertiary alicyclic amines) is 1. The Morgan fingerprint density at radius 2 is 2.10 bits per heavy atom. The molecule has 20 heavy (non-hydrogen) atoms. The molecule has 4 atom stereocenters. The minimum absolute atomic E-state index is 0.157. The molecule has 1 aliphatic heterocycles. The molecule has 2 saturated carbocycles. The SMILES string of the molecule is C=C(F)C1([C@H](N)C(=O)N2[C@H](C#N)C[C@H]3C[C@H]32)CCCC1. The van der Waals surface area contributed by atoms with E-state index < -0.39 is 17.3 Å². The van der Waals surface area contributed by atoms with E-state index in [1.165, 1.54) is 0 Å². The van der Waals surface area contributed by atoms with E-state index in [-0.39, 0.29) is 18.0 Å². The summed E-state index contributed by atoms with van der Waals surface area (Å²) in [6.07, 6.45) is 4.60. The zero-order valence-corrected chi connectivity index (χ0v) is 11.5. The molecule has 2 N–H and O–H groups in total. The molecule has 0 unspecified atom stereocenters. The monoisotopic (exact) mass is 277 g/mol. The summed E-state index contributed by atoms with van der Waals surface area (Å²) in [5.74, 6) is -0.290. The lowest BCUT2D eigenvalue weighted by molar-refractivity contribution is -0.136. The van der Waals surface area contributed by atoms with Crippen LogP contribution in [0.1, 0.15) is 38.5 Å². The van der Waals surface area contributed by atoms with Gasteiger partial charge in [0, 0.05) is 11.5 Å². The van der Waals surface area contributed by atoms with E-state index in [4.69, 9.17) is 11.0 Å². The van der Waals surface area contributed by atoms with Gasteiger partial charge in [-0.25, -0.2) is 4.39 Å². The second kappa shape index (κ2) is 4.56. The smallest absolute Gasteiger partial charge is 0.241 e. The number of nitrogens with two attached hydrogens (primary N) is 1. The zero-order chi connectivity index (χ0) is 14.5. The van der Waals surface area contributed by atoms with E-state index in [1.54, 1.807) is 4.90 Å². The van der Waals surface area contributed by atoms with Crippen molar-refractivity contribution in [2.45, 2.75) is 56.7 Å². The van der Waals surface area contributed by atoms with Crippen LogP contribution >= 0.6 is 0 Å². The molecule has 1 heterocycles. The predicted octanol–water partition coefficient (Wildman–Crippen LogP) is 1.87. The molecule has 3 rings (SSSR count). The second-order valence-corrected chi connectivity index (χ2v) is 6.44. The van der Waals surface area contributed by atoms with E-state index >= 15 is 0 Å². The fraction of sp³-hybridized carbons (Fsp3) is 0.733. The van der Waals surface area contributed by atoms with E-state index in [9.17, 15) is 9.18 Å². The molecule has 5 heteroatoms. The minimum Gasteiger partial charge on any atom is -0.322 e. The van der Waals surface area contributed by atoms with Crippen LogP contribution in [0.15, 0.2) is 12.4 Å². The first-order chi connectivity index (χ1) is 9.51. The van der Waals surface area contributed by atoms with Gasteiger partial charge < -0.3 is 10.6 Å². The van der Waals surface area contributed by atoms with Crippen LogP contribution in [0.2, 0.25) is 0 Å². The molecule has 2 aliphatic carbocycles. The zero-order valence-electron chi connectivity index (χ0n) is 11.5. The lowest BCUT2D eigenvalue weighted by atomic mass is 9.77. The largest absolute Gasteiger partial charge is 0.322 e. The normalized spacial score (nSPS) is 35.2. The fourth-order valence-corrected chi connectivity index (χ4v) is 4.04. The summed E-state index contributed by atoms with van der Waals surface area (Å²) >= 11 is 0. The standard InChI is InChI=1S/C15H20FN3O/c1-9(16)15(4-2-3-5-15)13(18)14(20)19-11(8-17)6-10-7-12(10)19/h10-13H,1-7,18H2/t10-,11-,12+,13+/m0/s1. The number of fused-ring (bicyclic) bond motifs is 1. The Labute approximate surface area is 118 Å². The number of rotatable bonds is 3. The third-order valence-corrected chi connectivity index (χ3v) is 5.41. The Bertz CT molecular complexity index is 492. The van der Waals surface area contributed by atoms with Crippen LogP contribution in [0.5, 0.6) is 0 Å². The average molecular weight is 277 g/mol. The first-order valence-corrected chi connectivity index (χ1v) is 7.33. The molecule has 3 aliphatic rings. The molecule has 0 bridgehead atoms. The molecule has 0 spiro atoms. The number of amides is 1. The number of hydrogen-bond acceptors (Lipinski definition) is 3. The van der Waals surface area contributed by atoms with Gasteiger partial charge in [-0.05, 0) is 31.6 Å².